The molecule has 5 rings (SSSR count). The quantitative estimate of drug-likeness (QED) is 0.407. The fraction of sp³-hybridized carbons (Fsp3) is 0.296. The van der Waals surface area contributed by atoms with Crippen LogP contribution in [0.25, 0.3) is 21.8 Å². The summed E-state index contributed by atoms with van der Waals surface area (Å²) in [6, 6.07) is 21.1. The predicted octanol–water partition coefficient (Wildman–Crippen LogP) is 5.38. The monoisotopic (exact) mass is 475 g/mol. The normalized spacial score (nSPS) is 15.1. The number of piperidine rings is 1. The molecular formula is C27H29N3O3S. The van der Waals surface area contributed by atoms with Gasteiger partial charge in [-0.3, -0.25) is 4.79 Å². The standard InChI is InChI=1S/C27H29N3O3S/c1-2-30-25-9-5-4-8-23(25)24-18-22(14-15-26(24)30)28-27(31)21-12-10-20(11-13-21)19-34(32,33)29-16-6-3-7-17-29/h4-5,8-15,18H,2-3,6-7,16-17,19H2,1H3,(H,28,31). The van der Waals surface area contributed by atoms with Crippen LogP contribution < -0.4 is 5.32 Å². The van der Waals surface area contributed by atoms with E-state index in [9.17, 15) is 13.2 Å². The topological polar surface area (TPSA) is 71.4 Å². The Morgan fingerprint density at radius 2 is 1.59 bits per heavy atom. The first kappa shape index (κ1) is 22.6. The van der Waals surface area contributed by atoms with Crippen LogP contribution in [0.2, 0.25) is 0 Å². The van der Waals surface area contributed by atoms with Gasteiger partial charge in [0.25, 0.3) is 5.91 Å². The average molecular weight is 476 g/mol. The molecule has 1 aromatic heterocycles. The first-order valence-corrected chi connectivity index (χ1v) is 13.5. The van der Waals surface area contributed by atoms with Crippen molar-refractivity contribution in [2.24, 2.45) is 0 Å². The summed E-state index contributed by atoms with van der Waals surface area (Å²) in [4.78, 5) is 12.9. The maximum Gasteiger partial charge on any atom is 0.255 e. The van der Waals surface area contributed by atoms with E-state index in [0.717, 1.165) is 47.8 Å². The van der Waals surface area contributed by atoms with E-state index in [-0.39, 0.29) is 11.7 Å². The number of sulfonamides is 1. The Bertz CT molecular complexity index is 1450. The van der Waals surface area contributed by atoms with Gasteiger partial charge in [-0.05, 0) is 61.7 Å². The molecule has 1 saturated heterocycles. The zero-order valence-electron chi connectivity index (χ0n) is 19.3. The Morgan fingerprint density at radius 1 is 0.882 bits per heavy atom. The number of carbonyl (C=O) groups is 1. The Morgan fingerprint density at radius 3 is 2.32 bits per heavy atom. The third-order valence-corrected chi connectivity index (χ3v) is 8.47. The van der Waals surface area contributed by atoms with E-state index in [1.165, 1.54) is 5.52 Å². The molecule has 7 heteroatoms. The molecule has 0 aliphatic carbocycles. The smallest absolute Gasteiger partial charge is 0.255 e. The van der Waals surface area contributed by atoms with Crippen LogP contribution in [0.3, 0.4) is 0 Å². The van der Waals surface area contributed by atoms with Crippen molar-refractivity contribution < 1.29 is 13.2 Å². The van der Waals surface area contributed by atoms with E-state index in [0.29, 0.717) is 24.2 Å². The number of amides is 1. The summed E-state index contributed by atoms with van der Waals surface area (Å²) in [7, 11) is -3.33. The zero-order valence-corrected chi connectivity index (χ0v) is 20.1. The van der Waals surface area contributed by atoms with Crippen LogP contribution in [0, 0.1) is 0 Å². The molecule has 0 unspecified atom stereocenters. The lowest BCUT2D eigenvalue weighted by molar-refractivity contribution is 0.102. The van der Waals surface area contributed by atoms with Crippen molar-refractivity contribution in [3.05, 3.63) is 77.9 Å². The highest BCUT2D eigenvalue weighted by Gasteiger charge is 2.24. The molecule has 1 fully saturated rings. The molecule has 1 aliphatic rings. The van der Waals surface area contributed by atoms with E-state index in [4.69, 9.17) is 0 Å². The molecule has 1 aliphatic heterocycles. The van der Waals surface area contributed by atoms with Crippen molar-refractivity contribution >= 4 is 43.4 Å². The molecule has 1 N–H and O–H groups in total. The number of nitrogens with one attached hydrogen (secondary N) is 1. The van der Waals surface area contributed by atoms with Gasteiger partial charge in [0.15, 0.2) is 0 Å². The summed E-state index contributed by atoms with van der Waals surface area (Å²) >= 11 is 0. The number of rotatable bonds is 6. The summed E-state index contributed by atoms with van der Waals surface area (Å²) in [6.45, 7) is 4.20. The number of anilines is 1. The van der Waals surface area contributed by atoms with Crippen molar-refractivity contribution in [2.45, 2.75) is 38.5 Å². The van der Waals surface area contributed by atoms with Crippen molar-refractivity contribution in [3.63, 3.8) is 0 Å². The van der Waals surface area contributed by atoms with Gasteiger partial charge >= 0.3 is 0 Å². The fourth-order valence-corrected chi connectivity index (χ4v) is 6.48. The third-order valence-electron chi connectivity index (χ3n) is 6.62. The first-order valence-electron chi connectivity index (χ1n) is 11.9. The highest BCUT2D eigenvalue weighted by atomic mass is 32.2. The minimum absolute atomic E-state index is 0.0347. The van der Waals surface area contributed by atoms with Crippen LogP contribution in [0.5, 0.6) is 0 Å². The Kier molecular flexibility index (Phi) is 6.15. The van der Waals surface area contributed by atoms with Crippen LogP contribution in [0.4, 0.5) is 5.69 Å². The average Bonchev–Trinajstić information content (AvgIpc) is 3.18. The van der Waals surface area contributed by atoms with Gasteiger partial charge in [0.2, 0.25) is 10.0 Å². The SMILES string of the molecule is CCn1c2ccccc2c2cc(NC(=O)c3ccc(CS(=O)(=O)N4CCCCC4)cc3)ccc21. The first-order chi connectivity index (χ1) is 16.5. The number of aromatic nitrogens is 1. The van der Waals surface area contributed by atoms with Gasteiger partial charge in [-0.1, -0.05) is 36.8 Å². The van der Waals surface area contributed by atoms with Gasteiger partial charge in [0.05, 0.1) is 5.75 Å². The summed E-state index contributed by atoms with van der Waals surface area (Å²) in [5.74, 6) is -0.253. The van der Waals surface area contributed by atoms with Crippen molar-refractivity contribution in [1.82, 2.24) is 8.87 Å². The largest absolute Gasteiger partial charge is 0.341 e. The number of carbonyl (C=O) groups excluding carboxylic acids is 1. The van der Waals surface area contributed by atoms with Crippen LogP contribution in [0.1, 0.15) is 42.1 Å². The molecule has 6 nitrogen and oxygen atoms in total. The molecule has 2 heterocycles. The number of para-hydroxylation sites is 1. The Hall–Kier alpha value is -3.16. The summed E-state index contributed by atoms with van der Waals surface area (Å²) in [5, 5.41) is 5.25. The molecule has 34 heavy (non-hydrogen) atoms. The molecule has 4 aromatic rings. The second kappa shape index (κ2) is 9.24. The Balaban J connectivity index is 1.33. The molecule has 3 aromatic carbocycles. The van der Waals surface area contributed by atoms with E-state index in [1.54, 1.807) is 28.6 Å². The highest BCUT2D eigenvalue weighted by Crippen LogP contribution is 2.31. The van der Waals surface area contributed by atoms with Crippen LogP contribution in [-0.4, -0.2) is 36.3 Å². The fourth-order valence-electron chi connectivity index (χ4n) is 4.87. The summed E-state index contributed by atoms with van der Waals surface area (Å²) in [5.41, 5.74) is 4.24. The third kappa shape index (κ3) is 4.33. The molecule has 176 valence electrons. The predicted molar refractivity (Wildman–Crippen MR) is 138 cm³/mol. The number of benzene rings is 3. The number of nitrogens with zero attached hydrogens (tertiary/aromatic N) is 2. The Labute approximate surface area is 200 Å². The molecule has 0 spiro atoms. The van der Waals surface area contributed by atoms with E-state index in [1.807, 2.05) is 30.3 Å². The maximum atomic E-state index is 12.9. The van der Waals surface area contributed by atoms with Gasteiger partial charge in [-0.15, -0.1) is 0 Å². The highest BCUT2D eigenvalue weighted by molar-refractivity contribution is 7.88. The van der Waals surface area contributed by atoms with E-state index >= 15 is 0 Å². The molecule has 0 atom stereocenters. The van der Waals surface area contributed by atoms with Crippen LogP contribution in [0.15, 0.2) is 66.7 Å². The second-order valence-corrected chi connectivity index (χ2v) is 10.8. The van der Waals surface area contributed by atoms with Gasteiger partial charge in [-0.25, -0.2) is 12.7 Å². The zero-order chi connectivity index (χ0) is 23.7. The lowest BCUT2D eigenvalue weighted by Crippen LogP contribution is -2.36. The molecule has 0 saturated carbocycles. The van der Waals surface area contributed by atoms with Crippen LogP contribution >= 0.6 is 0 Å². The van der Waals surface area contributed by atoms with Crippen LogP contribution in [-0.2, 0) is 22.3 Å². The molecule has 0 bridgehead atoms. The van der Waals surface area contributed by atoms with Crippen molar-refractivity contribution in [1.29, 1.82) is 0 Å². The van der Waals surface area contributed by atoms with E-state index < -0.39 is 10.0 Å². The lowest BCUT2D eigenvalue weighted by Gasteiger charge is -2.25. The molecular weight excluding hydrogens is 446 g/mol. The lowest BCUT2D eigenvalue weighted by atomic mass is 10.1. The number of aryl methyl sites for hydroxylation is 1. The second-order valence-electron chi connectivity index (χ2n) is 8.86. The minimum atomic E-state index is -3.33. The summed E-state index contributed by atoms with van der Waals surface area (Å²) in [6.07, 6.45) is 2.93. The summed E-state index contributed by atoms with van der Waals surface area (Å²) < 4.78 is 29.2. The maximum absolute atomic E-state index is 12.9. The van der Waals surface area contributed by atoms with Crippen molar-refractivity contribution in [3.8, 4) is 0 Å². The molecule has 1 amide bonds. The number of fused-ring (bicyclic) bond motifs is 3. The number of hydrogen-bond donors (Lipinski definition) is 1. The van der Waals surface area contributed by atoms with E-state index in [2.05, 4.69) is 28.9 Å². The van der Waals surface area contributed by atoms with Gasteiger partial charge in [0.1, 0.15) is 0 Å². The van der Waals surface area contributed by atoms with Gasteiger partial charge in [-0.2, -0.15) is 0 Å². The van der Waals surface area contributed by atoms with Crippen molar-refractivity contribution in [2.75, 3.05) is 18.4 Å². The minimum Gasteiger partial charge on any atom is -0.341 e. The van der Waals surface area contributed by atoms with Gasteiger partial charge in [0, 0.05) is 52.7 Å². The number of hydrogen-bond acceptors (Lipinski definition) is 3. The van der Waals surface area contributed by atoms with Gasteiger partial charge < -0.3 is 9.88 Å². The molecule has 0 radical (unpaired) electrons.